The Morgan fingerprint density at radius 3 is 1.24 bits per heavy atom. The summed E-state index contributed by atoms with van der Waals surface area (Å²) in [7, 11) is -1.00. The number of hydrogen-bond acceptors (Lipinski definition) is 20. The van der Waals surface area contributed by atoms with Crippen molar-refractivity contribution in [3.63, 3.8) is 0 Å². The maximum absolute atomic E-state index is 12.6. The summed E-state index contributed by atoms with van der Waals surface area (Å²) in [4.78, 5) is 105. The van der Waals surface area contributed by atoms with E-state index in [0.29, 0.717) is 58.6 Å². The average Bonchev–Trinajstić information content (AvgIpc) is 1.20. The van der Waals surface area contributed by atoms with Gasteiger partial charge < -0.3 is 80.6 Å². The summed E-state index contributed by atoms with van der Waals surface area (Å²) in [5, 5.41) is 29.2. The van der Waals surface area contributed by atoms with Gasteiger partial charge in [-0.3, -0.25) is 18.8 Å². The molecule has 0 aliphatic carbocycles. The number of carboxylic acid groups (broad SMARTS) is 1. The minimum atomic E-state index is -1.40. The van der Waals surface area contributed by atoms with Crippen molar-refractivity contribution in [2.24, 2.45) is 0 Å². The summed E-state index contributed by atoms with van der Waals surface area (Å²) < 4.78 is 60.8. The number of carbonyl (C=O) groups is 9. The SMILES string of the molecule is CC(C)(Oc1ccc(CCNC(=O)c2ccc(Cl)cc2)cc1)C(=O)O.CC(Cl)OC(=O)OCCNC(=O)OC(C)(C)C.CC(OC(=O)OCCNC(=O)OC(C)(C)C)OC(=O)C(C)(C)Oc1ccc(CCNC(=O)c2ccc(Cl)cc2)cc1.O=CO[O-].[2H]CF.[Cs+].[Cs+].[H-]. The van der Waals surface area contributed by atoms with Crippen molar-refractivity contribution >= 4 is 89.5 Å². The largest absolute Gasteiger partial charge is 1.00 e. The number of rotatable bonds is 24. The Labute approximate surface area is 665 Å². The van der Waals surface area contributed by atoms with Crippen LogP contribution in [0.4, 0.5) is 23.6 Å². The Hall–Kier alpha value is -4.23. The third-order valence-electron chi connectivity index (χ3n) is 10.0. The van der Waals surface area contributed by atoms with E-state index < -0.39 is 77.8 Å². The van der Waals surface area contributed by atoms with Crippen LogP contribution in [0, 0.1) is 0 Å². The molecule has 4 aromatic carbocycles. The van der Waals surface area contributed by atoms with Gasteiger partial charge in [0, 0.05) is 41.2 Å². The van der Waals surface area contributed by atoms with E-state index in [9.17, 15) is 42.7 Å². The molecule has 0 saturated heterocycles. The second-order valence-electron chi connectivity index (χ2n) is 20.8. The van der Waals surface area contributed by atoms with Gasteiger partial charge in [0.25, 0.3) is 18.3 Å². The number of alkyl carbamates (subject to hydrolysis) is 2. The quantitative estimate of drug-likeness (QED) is 0.00968. The van der Waals surface area contributed by atoms with E-state index in [0.717, 1.165) is 11.1 Å². The van der Waals surface area contributed by atoms with Crippen molar-refractivity contribution in [2.45, 2.75) is 130 Å². The molecular formula is C60H80Cl3Cs2FN4O21. The Kier molecular flexibility index (Phi) is 47.3. The molecule has 0 fully saturated rings. The summed E-state index contributed by atoms with van der Waals surface area (Å²) in [6.07, 6.45) is -3.17. The molecule has 4 rings (SSSR count). The Bertz CT molecular complexity index is 2840. The topological polar surface area (TPSA) is 337 Å². The fourth-order valence-electron chi connectivity index (χ4n) is 6.03. The molecule has 0 spiro atoms. The van der Waals surface area contributed by atoms with Crippen LogP contribution in [0.1, 0.15) is 118 Å². The first-order chi connectivity index (χ1) is 42.0. The van der Waals surface area contributed by atoms with E-state index in [2.05, 4.69) is 35.6 Å². The smallest absolute Gasteiger partial charge is 1.00 e. The van der Waals surface area contributed by atoms with E-state index in [1.165, 1.54) is 41.5 Å². The van der Waals surface area contributed by atoms with Crippen LogP contribution in [-0.4, -0.2) is 141 Å². The van der Waals surface area contributed by atoms with E-state index >= 15 is 0 Å². The molecule has 2 atom stereocenters. The van der Waals surface area contributed by atoms with Crippen molar-refractivity contribution < 1.29 is 246 Å². The third kappa shape index (κ3) is 45.7. The zero-order valence-electron chi connectivity index (χ0n) is 55.5. The number of hydrogen-bond donors (Lipinski definition) is 5. The predicted octanol–water partition coefficient (Wildman–Crippen LogP) is 3.98. The second-order valence-corrected chi connectivity index (χ2v) is 22.3. The number of carbonyl (C=O) groups excluding carboxylic acids is 8. The third-order valence-corrected chi connectivity index (χ3v) is 10.6. The Balaban J connectivity index is -0.000000648. The molecule has 0 aromatic heterocycles. The summed E-state index contributed by atoms with van der Waals surface area (Å²) in [5.74, 6) is -1.23. The molecule has 91 heavy (non-hydrogen) atoms. The van der Waals surface area contributed by atoms with Crippen LogP contribution >= 0.6 is 34.8 Å². The molecule has 0 aliphatic rings. The number of aliphatic carboxylic acids is 1. The van der Waals surface area contributed by atoms with Gasteiger partial charge in [-0.2, -0.15) is 0 Å². The van der Waals surface area contributed by atoms with Crippen molar-refractivity contribution in [3.05, 3.63) is 129 Å². The van der Waals surface area contributed by atoms with E-state index in [1.807, 2.05) is 24.3 Å². The molecule has 25 nitrogen and oxygen atoms in total. The molecule has 0 aliphatic heterocycles. The Morgan fingerprint density at radius 2 is 0.923 bits per heavy atom. The number of halogens is 4. The molecule has 4 amide bonds. The molecule has 0 saturated carbocycles. The standard InChI is InChI=1S/C29H37ClN2O9.C19H20ClNO4.C10H18ClNO5.CH3F.CH2O3.2Cs.H/c1-19(39-27(36)37-18-17-32-26(35)41-28(2,3)4)38-25(34)29(5,6)40-23-13-7-20(8-14-23)15-16-31-24(33)21-9-11-22(30)12-10-21;1-19(2,18(23)24)25-16-9-3-13(4-10-16)11-12-21-17(22)14-5-7-15(20)8-6-14;1-7(11)16-9(14)15-6-5-12-8(13)17-10(2,3)4;1-2;2-1-4-3;;;/h7-14,19H,15-18H2,1-6H3,(H,31,33)(H,32,35);3-10H,11-12H2,1-2H3,(H,21,22)(H,23,24);7H,5-6H2,1-4H3,(H,12,13);1H3;1,3H;;;/q;;;;;2*+1;-1/p-1/i;;;1D;;;;. The minimum absolute atomic E-state index is 0. The molecule has 31 heteroatoms. The first kappa shape index (κ1) is 88.8. The minimum Gasteiger partial charge on any atom is -1.00 e. The van der Waals surface area contributed by atoms with Gasteiger partial charge in [-0.05, 0) is 173 Å². The van der Waals surface area contributed by atoms with Gasteiger partial charge in [-0.1, -0.05) is 59.1 Å². The van der Waals surface area contributed by atoms with Gasteiger partial charge >= 0.3 is 174 Å². The van der Waals surface area contributed by atoms with Crippen LogP contribution in [0.5, 0.6) is 11.5 Å². The number of esters is 1. The van der Waals surface area contributed by atoms with E-state index in [1.54, 1.807) is 114 Å². The van der Waals surface area contributed by atoms with Crippen LogP contribution < -0.4 is 174 Å². The predicted molar refractivity (Wildman–Crippen MR) is 324 cm³/mol. The van der Waals surface area contributed by atoms with Crippen LogP contribution in [-0.2, 0) is 65.3 Å². The molecule has 0 radical (unpaired) electrons. The van der Waals surface area contributed by atoms with Gasteiger partial charge in [0.15, 0.2) is 16.8 Å². The van der Waals surface area contributed by atoms with Gasteiger partial charge in [0.2, 0.25) is 6.29 Å². The fraction of sp³-hybridized carbons (Fsp3) is 0.450. The maximum Gasteiger partial charge on any atom is 1.00 e. The van der Waals surface area contributed by atoms with Gasteiger partial charge in [0.05, 0.1) is 21.6 Å². The molecular weight excluding hydrogens is 1500 g/mol. The van der Waals surface area contributed by atoms with Crippen LogP contribution in [0.15, 0.2) is 97.1 Å². The Morgan fingerprint density at radius 1 is 0.582 bits per heavy atom. The normalized spacial score (nSPS) is 11.2. The van der Waals surface area contributed by atoms with Crippen LogP contribution in [0.3, 0.4) is 0 Å². The summed E-state index contributed by atoms with van der Waals surface area (Å²) >= 11 is 17.0. The van der Waals surface area contributed by atoms with Crippen molar-refractivity contribution in [3.8, 4) is 11.5 Å². The second kappa shape index (κ2) is 48.5. The van der Waals surface area contributed by atoms with Gasteiger partial charge in [0.1, 0.15) is 35.9 Å². The number of amides is 4. The monoisotopic (exact) mass is 1580 g/mol. The molecule has 5 N–H and O–H groups in total. The van der Waals surface area contributed by atoms with Crippen molar-refractivity contribution in [1.29, 1.82) is 0 Å². The number of benzene rings is 4. The maximum atomic E-state index is 12.6. The van der Waals surface area contributed by atoms with Crippen molar-refractivity contribution in [1.82, 2.24) is 21.3 Å². The van der Waals surface area contributed by atoms with Crippen LogP contribution in [0.25, 0.3) is 0 Å². The summed E-state index contributed by atoms with van der Waals surface area (Å²) in [6.45, 7) is 20.0. The fourth-order valence-corrected chi connectivity index (χ4v) is 6.35. The summed E-state index contributed by atoms with van der Waals surface area (Å²) in [6, 6.07) is 27.5. The molecule has 4 aromatic rings. The number of nitrogens with one attached hydrogen (secondary N) is 4. The first-order valence-electron chi connectivity index (χ1n) is 27.6. The first-order valence-corrected chi connectivity index (χ1v) is 28.1. The zero-order valence-corrected chi connectivity index (χ0v) is 68.3. The number of alkyl halides is 2. The van der Waals surface area contributed by atoms with Gasteiger partial charge in [-0.25, -0.2) is 28.8 Å². The van der Waals surface area contributed by atoms with Gasteiger partial charge in [-0.15, -0.1) is 0 Å². The molecule has 0 bridgehead atoms. The number of ether oxygens (including phenoxy) is 9. The number of carboxylic acids is 1. The molecule has 0 heterocycles. The molecule has 2 unspecified atom stereocenters. The summed E-state index contributed by atoms with van der Waals surface area (Å²) in [5.41, 5.74) is -1.59. The van der Waals surface area contributed by atoms with E-state index in [4.69, 9.17) is 84.5 Å². The van der Waals surface area contributed by atoms with Crippen LogP contribution in [0.2, 0.25) is 10.0 Å². The zero-order chi connectivity index (χ0) is 68.7. The van der Waals surface area contributed by atoms with Crippen molar-refractivity contribution in [2.75, 3.05) is 46.5 Å². The molecule has 496 valence electrons. The average molecular weight is 1590 g/mol. The van der Waals surface area contributed by atoms with E-state index in [-0.39, 0.29) is 184 Å².